The number of carboxylic acids is 1. The molecule has 1 N–H and O–H groups in total. The standard InChI is InChI=1S/C13H19N3O4/c1-4-10-9(5-15(3)14-10)12(19)16-7-13(2,8-16)20-6-11(17)18/h5H,4,6-8H2,1-3H3,(H,17,18). The molecule has 1 fully saturated rings. The molecule has 2 rings (SSSR count). The van der Waals surface area contributed by atoms with Crippen LogP contribution in [0.25, 0.3) is 0 Å². The minimum absolute atomic E-state index is 0.0775. The molecule has 20 heavy (non-hydrogen) atoms. The van der Waals surface area contributed by atoms with Crippen molar-refractivity contribution >= 4 is 11.9 Å². The van der Waals surface area contributed by atoms with E-state index in [1.807, 2.05) is 13.8 Å². The third-order valence-electron chi connectivity index (χ3n) is 3.35. The summed E-state index contributed by atoms with van der Waals surface area (Å²) in [6.45, 7) is 4.22. The number of carbonyl (C=O) groups excluding carboxylic acids is 1. The van der Waals surface area contributed by atoms with Crippen LogP contribution in [0.15, 0.2) is 6.20 Å². The van der Waals surface area contributed by atoms with Crippen LogP contribution in [0.5, 0.6) is 0 Å². The Morgan fingerprint density at radius 1 is 1.50 bits per heavy atom. The smallest absolute Gasteiger partial charge is 0.329 e. The van der Waals surface area contributed by atoms with Gasteiger partial charge in [-0.2, -0.15) is 5.10 Å². The van der Waals surface area contributed by atoms with E-state index in [0.29, 0.717) is 25.1 Å². The molecule has 0 aromatic carbocycles. The Bertz CT molecular complexity index is 532. The second-order valence-corrected chi connectivity index (χ2v) is 5.31. The van der Waals surface area contributed by atoms with Gasteiger partial charge in [0.15, 0.2) is 0 Å². The Kier molecular flexibility index (Phi) is 3.80. The predicted molar refractivity (Wildman–Crippen MR) is 70.5 cm³/mol. The Hall–Kier alpha value is -1.89. The summed E-state index contributed by atoms with van der Waals surface area (Å²) in [5.41, 5.74) is 0.815. The van der Waals surface area contributed by atoms with Crippen molar-refractivity contribution in [1.29, 1.82) is 0 Å². The number of carboxylic acid groups (broad SMARTS) is 1. The highest BCUT2D eigenvalue weighted by Crippen LogP contribution is 2.27. The molecule has 7 heteroatoms. The summed E-state index contributed by atoms with van der Waals surface area (Å²) in [5.74, 6) is -1.08. The lowest BCUT2D eigenvalue weighted by molar-refractivity contribution is -0.159. The van der Waals surface area contributed by atoms with Crippen molar-refractivity contribution in [3.8, 4) is 0 Å². The van der Waals surface area contributed by atoms with Crippen LogP contribution in [0.4, 0.5) is 0 Å². The molecule has 110 valence electrons. The Labute approximate surface area is 117 Å². The van der Waals surface area contributed by atoms with Crippen molar-refractivity contribution < 1.29 is 19.4 Å². The number of rotatable bonds is 5. The molecule has 0 radical (unpaired) electrons. The lowest BCUT2D eigenvalue weighted by atomic mass is 9.95. The van der Waals surface area contributed by atoms with E-state index in [1.165, 1.54) is 0 Å². The number of hydrogen-bond acceptors (Lipinski definition) is 4. The average Bonchev–Trinajstić information content (AvgIpc) is 2.73. The highest BCUT2D eigenvalue weighted by atomic mass is 16.5. The van der Waals surface area contributed by atoms with Gasteiger partial charge in [-0.15, -0.1) is 0 Å². The first-order chi connectivity index (χ1) is 9.34. The molecular weight excluding hydrogens is 262 g/mol. The fourth-order valence-electron chi connectivity index (χ4n) is 2.38. The topological polar surface area (TPSA) is 84.7 Å². The molecule has 2 heterocycles. The fourth-order valence-corrected chi connectivity index (χ4v) is 2.38. The molecule has 1 aromatic rings. The minimum atomic E-state index is -1.00. The van der Waals surface area contributed by atoms with Gasteiger partial charge in [-0.25, -0.2) is 4.79 Å². The Morgan fingerprint density at radius 3 is 2.70 bits per heavy atom. The Morgan fingerprint density at radius 2 is 2.15 bits per heavy atom. The zero-order chi connectivity index (χ0) is 14.9. The second kappa shape index (κ2) is 5.24. The summed E-state index contributed by atoms with van der Waals surface area (Å²) in [5, 5.41) is 12.9. The summed E-state index contributed by atoms with van der Waals surface area (Å²) in [6.07, 6.45) is 2.41. The lowest BCUT2D eigenvalue weighted by Crippen LogP contribution is -2.63. The zero-order valence-electron chi connectivity index (χ0n) is 11.9. The first-order valence-corrected chi connectivity index (χ1v) is 6.52. The lowest BCUT2D eigenvalue weighted by Gasteiger charge is -2.47. The van der Waals surface area contributed by atoms with Crippen molar-refractivity contribution in [3.63, 3.8) is 0 Å². The molecule has 1 aliphatic heterocycles. The van der Waals surface area contributed by atoms with E-state index in [1.54, 1.807) is 22.8 Å². The number of aliphatic carboxylic acids is 1. The van der Waals surface area contributed by atoms with Crippen LogP contribution in [0, 0.1) is 0 Å². The fraction of sp³-hybridized carbons (Fsp3) is 0.615. The molecule has 7 nitrogen and oxygen atoms in total. The number of amides is 1. The van der Waals surface area contributed by atoms with E-state index in [2.05, 4.69) is 5.10 Å². The molecule has 1 saturated heterocycles. The van der Waals surface area contributed by atoms with Gasteiger partial charge >= 0.3 is 5.97 Å². The third-order valence-corrected chi connectivity index (χ3v) is 3.35. The maximum atomic E-state index is 12.3. The van der Waals surface area contributed by atoms with Crippen molar-refractivity contribution in [2.45, 2.75) is 25.9 Å². The summed E-state index contributed by atoms with van der Waals surface area (Å²) >= 11 is 0. The molecule has 1 aliphatic rings. The molecule has 1 amide bonds. The van der Waals surface area contributed by atoms with Crippen LogP contribution < -0.4 is 0 Å². The quantitative estimate of drug-likeness (QED) is 0.839. The molecule has 0 spiro atoms. The van der Waals surface area contributed by atoms with Gasteiger partial charge in [0.2, 0.25) is 0 Å². The first kappa shape index (κ1) is 14.5. The van der Waals surface area contributed by atoms with Gasteiger partial charge in [0.25, 0.3) is 5.91 Å². The molecule has 1 aromatic heterocycles. The number of aryl methyl sites for hydroxylation is 2. The number of likely N-dealkylation sites (tertiary alicyclic amines) is 1. The van der Waals surface area contributed by atoms with Crippen molar-refractivity contribution in [3.05, 3.63) is 17.5 Å². The number of aromatic nitrogens is 2. The van der Waals surface area contributed by atoms with Crippen molar-refractivity contribution in [2.75, 3.05) is 19.7 Å². The molecule has 0 aliphatic carbocycles. The van der Waals surface area contributed by atoms with Gasteiger partial charge in [0.05, 0.1) is 24.3 Å². The van der Waals surface area contributed by atoms with E-state index in [4.69, 9.17) is 9.84 Å². The number of nitrogens with zero attached hydrogens (tertiary/aromatic N) is 3. The van der Waals surface area contributed by atoms with Crippen LogP contribution in [-0.2, 0) is 23.0 Å². The maximum Gasteiger partial charge on any atom is 0.329 e. The van der Waals surface area contributed by atoms with Gasteiger partial charge in [-0.3, -0.25) is 9.48 Å². The summed E-state index contributed by atoms with van der Waals surface area (Å²) in [6, 6.07) is 0. The second-order valence-electron chi connectivity index (χ2n) is 5.31. The number of carbonyl (C=O) groups is 2. The normalized spacial score (nSPS) is 16.9. The van der Waals surface area contributed by atoms with Crippen LogP contribution in [0.1, 0.15) is 29.9 Å². The largest absolute Gasteiger partial charge is 0.480 e. The molecule has 0 saturated carbocycles. The molecular formula is C13H19N3O4. The molecule has 0 bridgehead atoms. The van der Waals surface area contributed by atoms with Crippen LogP contribution in [0.2, 0.25) is 0 Å². The maximum absolute atomic E-state index is 12.3. The first-order valence-electron chi connectivity index (χ1n) is 6.52. The van der Waals surface area contributed by atoms with Crippen LogP contribution >= 0.6 is 0 Å². The number of ether oxygens (including phenoxy) is 1. The molecule has 0 atom stereocenters. The van der Waals surface area contributed by atoms with E-state index < -0.39 is 11.6 Å². The number of hydrogen-bond donors (Lipinski definition) is 1. The van der Waals surface area contributed by atoms with Gasteiger partial charge in [-0.05, 0) is 13.3 Å². The van der Waals surface area contributed by atoms with Gasteiger partial charge < -0.3 is 14.7 Å². The predicted octanol–water partition coefficient (Wildman–Crippen LogP) is 0.298. The highest BCUT2D eigenvalue weighted by Gasteiger charge is 2.43. The van der Waals surface area contributed by atoms with Gasteiger partial charge in [-0.1, -0.05) is 6.92 Å². The SMILES string of the molecule is CCc1nn(C)cc1C(=O)N1CC(C)(OCC(=O)O)C1. The van der Waals surface area contributed by atoms with Gasteiger partial charge in [0.1, 0.15) is 12.2 Å². The van der Waals surface area contributed by atoms with Crippen molar-refractivity contribution in [2.24, 2.45) is 7.05 Å². The van der Waals surface area contributed by atoms with Crippen LogP contribution in [-0.4, -0.2) is 57.0 Å². The summed E-state index contributed by atoms with van der Waals surface area (Å²) < 4.78 is 6.92. The van der Waals surface area contributed by atoms with E-state index >= 15 is 0 Å². The monoisotopic (exact) mass is 281 g/mol. The van der Waals surface area contributed by atoms with E-state index in [-0.39, 0.29) is 12.5 Å². The Balaban J connectivity index is 1.98. The van der Waals surface area contributed by atoms with Crippen molar-refractivity contribution in [1.82, 2.24) is 14.7 Å². The average molecular weight is 281 g/mol. The minimum Gasteiger partial charge on any atom is -0.480 e. The van der Waals surface area contributed by atoms with Gasteiger partial charge in [0, 0.05) is 13.2 Å². The highest BCUT2D eigenvalue weighted by molar-refractivity contribution is 5.95. The molecule has 0 unspecified atom stereocenters. The van der Waals surface area contributed by atoms with E-state index in [9.17, 15) is 9.59 Å². The van der Waals surface area contributed by atoms with E-state index in [0.717, 1.165) is 5.69 Å². The third kappa shape index (κ3) is 2.82. The summed E-state index contributed by atoms with van der Waals surface area (Å²) in [4.78, 5) is 24.5. The van der Waals surface area contributed by atoms with Crippen LogP contribution in [0.3, 0.4) is 0 Å². The summed E-state index contributed by atoms with van der Waals surface area (Å²) in [7, 11) is 1.78. The zero-order valence-corrected chi connectivity index (χ0v) is 11.9.